The quantitative estimate of drug-likeness (QED) is 0.343. The number of carbonyl (C=O) groups is 1. The Hall–Kier alpha value is -3.28. The van der Waals surface area contributed by atoms with E-state index in [1.54, 1.807) is 30.3 Å². The first-order chi connectivity index (χ1) is 17.7. The van der Waals surface area contributed by atoms with Gasteiger partial charge < -0.3 is 0 Å². The van der Waals surface area contributed by atoms with Crippen molar-refractivity contribution in [3.8, 4) is 0 Å². The molecular weight excluding hydrogens is 490 g/mol. The lowest BCUT2D eigenvalue weighted by atomic mass is 9.86. The first-order valence-corrected chi connectivity index (χ1v) is 14.4. The molecule has 0 radical (unpaired) electrons. The highest BCUT2D eigenvalue weighted by atomic mass is 32.2. The van der Waals surface area contributed by atoms with E-state index in [2.05, 4.69) is 65.8 Å². The molecule has 4 rings (SSSR count). The Balaban J connectivity index is 1.75. The summed E-state index contributed by atoms with van der Waals surface area (Å²) in [5, 5.41) is 0. The summed E-state index contributed by atoms with van der Waals surface area (Å²) in [7, 11) is -3.79. The van der Waals surface area contributed by atoms with Crippen LogP contribution in [0.1, 0.15) is 63.8 Å². The standard InChI is InChI=1S/C33H37NO3S/c1-32(2,3)28-16-12-24(13-17-28)20-26-22-34(38(36,37)30-10-8-7-9-11-30)23-27(31(26)35)21-25-14-18-29(19-15-25)33(4,5)6/h7-21H,22-23H2,1-6H3/b26-20+,27-21+. The molecule has 0 amide bonds. The maximum Gasteiger partial charge on any atom is 0.243 e. The summed E-state index contributed by atoms with van der Waals surface area (Å²) in [6.07, 6.45) is 3.63. The third kappa shape index (κ3) is 6.23. The second kappa shape index (κ2) is 10.5. The normalized spacial score (nSPS) is 17.8. The minimum absolute atomic E-state index is 0.0192. The molecule has 198 valence electrons. The summed E-state index contributed by atoms with van der Waals surface area (Å²) in [4.78, 5) is 13.9. The number of hydrogen-bond acceptors (Lipinski definition) is 3. The van der Waals surface area contributed by atoms with Gasteiger partial charge in [-0.05, 0) is 57.4 Å². The van der Waals surface area contributed by atoms with Crippen molar-refractivity contribution in [1.29, 1.82) is 0 Å². The minimum atomic E-state index is -3.79. The molecule has 1 fully saturated rings. The van der Waals surface area contributed by atoms with Crippen molar-refractivity contribution in [3.63, 3.8) is 0 Å². The molecule has 0 unspecified atom stereocenters. The van der Waals surface area contributed by atoms with E-state index in [4.69, 9.17) is 0 Å². The van der Waals surface area contributed by atoms with Gasteiger partial charge in [-0.1, -0.05) is 108 Å². The fraction of sp³-hybridized carbons (Fsp3) is 0.303. The minimum Gasteiger partial charge on any atom is -0.289 e. The topological polar surface area (TPSA) is 54.5 Å². The maximum atomic E-state index is 13.6. The van der Waals surface area contributed by atoms with Crippen LogP contribution in [0, 0.1) is 0 Å². The molecule has 3 aromatic rings. The molecule has 5 heteroatoms. The smallest absolute Gasteiger partial charge is 0.243 e. The summed E-state index contributed by atoms with van der Waals surface area (Å²) in [5.41, 5.74) is 5.08. The zero-order chi connectivity index (χ0) is 27.7. The first-order valence-electron chi connectivity index (χ1n) is 13.0. The Kier molecular flexibility index (Phi) is 7.64. The third-order valence-electron chi connectivity index (χ3n) is 6.89. The van der Waals surface area contributed by atoms with Gasteiger partial charge in [0.1, 0.15) is 0 Å². The molecule has 1 saturated heterocycles. The number of piperidine rings is 1. The van der Waals surface area contributed by atoms with E-state index in [9.17, 15) is 13.2 Å². The molecule has 0 saturated carbocycles. The van der Waals surface area contributed by atoms with Crippen molar-refractivity contribution in [2.45, 2.75) is 57.3 Å². The molecule has 4 nitrogen and oxygen atoms in total. The first kappa shape index (κ1) is 27.7. The molecular formula is C33H37NO3S. The predicted molar refractivity (Wildman–Crippen MR) is 156 cm³/mol. The second-order valence-corrected chi connectivity index (χ2v) is 13.9. The zero-order valence-corrected chi connectivity index (χ0v) is 24.0. The fourth-order valence-corrected chi connectivity index (χ4v) is 5.90. The molecule has 0 aliphatic carbocycles. The molecule has 1 aliphatic rings. The maximum absolute atomic E-state index is 13.6. The van der Waals surface area contributed by atoms with Crippen LogP contribution in [0.25, 0.3) is 12.2 Å². The van der Waals surface area contributed by atoms with Gasteiger partial charge in [0.05, 0.1) is 4.90 Å². The Bertz CT molecular complexity index is 1390. The van der Waals surface area contributed by atoms with Crippen molar-refractivity contribution in [2.24, 2.45) is 0 Å². The summed E-state index contributed by atoms with van der Waals surface area (Å²) in [6.45, 7) is 13.0. The number of benzene rings is 3. The summed E-state index contributed by atoms with van der Waals surface area (Å²) in [6, 6.07) is 24.6. The SMILES string of the molecule is CC(C)(C)c1ccc(/C=C2\CN(S(=O)(=O)c3ccccc3)C/C(=C\c3ccc(C(C)(C)C)cc3)C2=O)cc1. The van der Waals surface area contributed by atoms with Gasteiger partial charge in [-0.15, -0.1) is 0 Å². The highest BCUT2D eigenvalue weighted by Crippen LogP contribution is 2.29. The number of rotatable bonds is 4. The van der Waals surface area contributed by atoms with E-state index in [0.717, 1.165) is 11.1 Å². The Morgan fingerprint density at radius 3 is 1.39 bits per heavy atom. The monoisotopic (exact) mass is 527 g/mol. The van der Waals surface area contributed by atoms with Crippen LogP contribution in [0.3, 0.4) is 0 Å². The largest absolute Gasteiger partial charge is 0.289 e. The second-order valence-electron chi connectivity index (χ2n) is 12.0. The third-order valence-corrected chi connectivity index (χ3v) is 8.70. The Morgan fingerprint density at radius 2 is 1.03 bits per heavy atom. The van der Waals surface area contributed by atoms with Gasteiger partial charge in [0.25, 0.3) is 0 Å². The van der Waals surface area contributed by atoms with Crippen molar-refractivity contribution in [1.82, 2.24) is 4.31 Å². The number of sulfonamides is 1. The van der Waals surface area contributed by atoms with Crippen LogP contribution >= 0.6 is 0 Å². The van der Waals surface area contributed by atoms with Crippen LogP contribution in [0.2, 0.25) is 0 Å². The number of Topliss-reactive ketones (excluding diaryl/α,β-unsaturated/α-hetero) is 1. The van der Waals surface area contributed by atoms with E-state index >= 15 is 0 Å². The molecule has 0 N–H and O–H groups in total. The van der Waals surface area contributed by atoms with Gasteiger partial charge in [-0.25, -0.2) is 8.42 Å². The Labute approximate surface area is 227 Å². The van der Waals surface area contributed by atoms with Crippen molar-refractivity contribution < 1.29 is 13.2 Å². The van der Waals surface area contributed by atoms with E-state index in [1.807, 2.05) is 36.4 Å². The molecule has 0 aromatic heterocycles. The number of ketones is 1. The molecule has 1 aliphatic heterocycles. The number of carbonyl (C=O) groups excluding carboxylic acids is 1. The van der Waals surface area contributed by atoms with Crippen molar-refractivity contribution in [3.05, 3.63) is 112 Å². The van der Waals surface area contributed by atoms with E-state index in [1.165, 1.54) is 15.4 Å². The van der Waals surface area contributed by atoms with Gasteiger partial charge in [0.15, 0.2) is 5.78 Å². The molecule has 0 bridgehead atoms. The van der Waals surface area contributed by atoms with Crippen LogP contribution < -0.4 is 0 Å². The van der Waals surface area contributed by atoms with Crippen LogP contribution in [0.5, 0.6) is 0 Å². The lowest BCUT2D eigenvalue weighted by Gasteiger charge is -2.29. The average Bonchev–Trinajstić information content (AvgIpc) is 2.86. The van der Waals surface area contributed by atoms with E-state index in [-0.39, 0.29) is 34.6 Å². The summed E-state index contributed by atoms with van der Waals surface area (Å²) in [5.74, 6) is -0.121. The van der Waals surface area contributed by atoms with Gasteiger partial charge in [-0.2, -0.15) is 4.31 Å². The van der Waals surface area contributed by atoms with Crippen LogP contribution in [0.4, 0.5) is 0 Å². The highest BCUT2D eigenvalue weighted by Gasteiger charge is 2.34. The van der Waals surface area contributed by atoms with Crippen LogP contribution in [0.15, 0.2) is 94.9 Å². The summed E-state index contributed by atoms with van der Waals surface area (Å²) < 4.78 is 28.5. The van der Waals surface area contributed by atoms with E-state index in [0.29, 0.717) is 11.1 Å². The van der Waals surface area contributed by atoms with Gasteiger partial charge >= 0.3 is 0 Å². The predicted octanol–water partition coefficient (Wildman–Crippen LogP) is 7.02. The fourth-order valence-electron chi connectivity index (χ4n) is 4.48. The van der Waals surface area contributed by atoms with Gasteiger partial charge in [0.2, 0.25) is 10.0 Å². The van der Waals surface area contributed by atoms with Crippen LogP contribution in [-0.2, 0) is 25.6 Å². The van der Waals surface area contributed by atoms with Crippen molar-refractivity contribution in [2.75, 3.05) is 13.1 Å². The molecule has 1 heterocycles. The molecule has 0 spiro atoms. The molecule has 3 aromatic carbocycles. The number of nitrogens with zero attached hydrogens (tertiary/aromatic N) is 1. The van der Waals surface area contributed by atoms with Crippen LogP contribution in [-0.4, -0.2) is 31.6 Å². The average molecular weight is 528 g/mol. The van der Waals surface area contributed by atoms with Crippen molar-refractivity contribution >= 4 is 28.0 Å². The number of hydrogen-bond donors (Lipinski definition) is 0. The summed E-state index contributed by atoms with van der Waals surface area (Å²) >= 11 is 0. The highest BCUT2D eigenvalue weighted by molar-refractivity contribution is 7.89. The lowest BCUT2D eigenvalue weighted by Crippen LogP contribution is -2.41. The van der Waals surface area contributed by atoms with Gasteiger partial charge in [0, 0.05) is 24.2 Å². The zero-order valence-electron chi connectivity index (χ0n) is 23.2. The van der Waals surface area contributed by atoms with Gasteiger partial charge in [-0.3, -0.25) is 4.79 Å². The molecule has 38 heavy (non-hydrogen) atoms. The van der Waals surface area contributed by atoms with E-state index < -0.39 is 10.0 Å². The Morgan fingerprint density at radius 1 is 0.632 bits per heavy atom. The lowest BCUT2D eigenvalue weighted by molar-refractivity contribution is -0.113. The molecule has 0 atom stereocenters.